The number of halogens is 1. The summed E-state index contributed by atoms with van der Waals surface area (Å²) in [7, 11) is 0. The Morgan fingerprint density at radius 2 is 2.25 bits per heavy atom. The van der Waals surface area contributed by atoms with Crippen LogP contribution in [0.25, 0.3) is 0 Å². The summed E-state index contributed by atoms with van der Waals surface area (Å²) >= 11 is 3.08. The zero-order valence-corrected chi connectivity index (χ0v) is 12.6. The Morgan fingerprint density at radius 1 is 1.40 bits per heavy atom. The Kier molecular flexibility index (Phi) is 5.55. The molecule has 2 rings (SSSR count). The van der Waals surface area contributed by atoms with Crippen LogP contribution in [0.4, 0.5) is 5.69 Å². The molecule has 1 atom stereocenters. The quantitative estimate of drug-likeness (QED) is 0.805. The molecule has 0 aromatic heterocycles. The molecule has 1 aromatic rings. The molecule has 1 aliphatic rings. The first-order valence-corrected chi connectivity index (χ1v) is 7.67. The van der Waals surface area contributed by atoms with Gasteiger partial charge in [0.05, 0.1) is 11.4 Å². The summed E-state index contributed by atoms with van der Waals surface area (Å²) in [4.78, 5) is 23.3. The summed E-state index contributed by atoms with van der Waals surface area (Å²) in [6, 6.07) is 6.86. The number of rotatable bonds is 5. The van der Waals surface area contributed by atoms with Crippen LogP contribution in [-0.2, 0) is 9.53 Å². The number of ether oxygens (including phenoxy) is 1. The molecule has 1 aliphatic heterocycles. The summed E-state index contributed by atoms with van der Waals surface area (Å²) in [6.45, 7) is 1.30. The Morgan fingerprint density at radius 3 is 2.95 bits per heavy atom. The second kappa shape index (κ2) is 7.40. The molecule has 0 aliphatic carbocycles. The maximum absolute atomic E-state index is 12.0. The third-order valence-corrected chi connectivity index (χ3v) is 3.55. The van der Waals surface area contributed by atoms with Crippen molar-refractivity contribution in [1.29, 1.82) is 0 Å². The Balaban J connectivity index is 1.91. The highest BCUT2D eigenvalue weighted by atomic mass is 79.9. The Bertz CT molecular complexity index is 487. The first kappa shape index (κ1) is 15.0. The van der Waals surface area contributed by atoms with Crippen LogP contribution in [0.5, 0.6) is 0 Å². The second-order valence-corrected chi connectivity index (χ2v) is 5.17. The van der Waals surface area contributed by atoms with Gasteiger partial charge in [-0.1, -0.05) is 22.0 Å². The number of amides is 2. The number of benzene rings is 1. The lowest BCUT2D eigenvalue weighted by molar-refractivity contribution is -0.113. The fourth-order valence-electron chi connectivity index (χ4n) is 2.05. The van der Waals surface area contributed by atoms with Gasteiger partial charge in [-0.2, -0.15) is 0 Å². The van der Waals surface area contributed by atoms with Crippen molar-refractivity contribution >= 4 is 33.4 Å². The summed E-state index contributed by atoms with van der Waals surface area (Å²) in [5.74, 6) is -0.308. The van der Waals surface area contributed by atoms with Crippen molar-refractivity contribution in [2.75, 3.05) is 23.8 Å². The van der Waals surface area contributed by atoms with Gasteiger partial charge in [-0.05, 0) is 31.0 Å². The maximum Gasteiger partial charge on any atom is 0.251 e. The van der Waals surface area contributed by atoms with Crippen LogP contribution in [0.15, 0.2) is 24.3 Å². The van der Waals surface area contributed by atoms with E-state index in [1.165, 1.54) is 0 Å². The highest BCUT2D eigenvalue weighted by molar-refractivity contribution is 9.09. The van der Waals surface area contributed by atoms with E-state index in [2.05, 4.69) is 26.6 Å². The SMILES string of the molecule is O=C(CBr)Nc1cccc(C(=O)NC[C@@H]2CCCO2)c1. The summed E-state index contributed by atoms with van der Waals surface area (Å²) in [6.07, 6.45) is 2.16. The lowest BCUT2D eigenvalue weighted by Crippen LogP contribution is -2.31. The predicted octanol–water partition coefficient (Wildman–Crippen LogP) is 1.93. The smallest absolute Gasteiger partial charge is 0.251 e. The van der Waals surface area contributed by atoms with Crippen LogP contribution in [0.3, 0.4) is 0 Å². The zero-order chi connectivity index (χ0) is 14.4. The van der Waals surface area contributed by atoms with Gasteiger partial charge in [0.1, 0.15) is 0 Å². The number of hydrogen-bond donors (Lipinski definition) is 2. The van der Waals surface area contributed by atoms with E-state index in [0.717, 1.165) is 19.4 Å². The summed E-state index contributed by atoms with van der Waals surface area (Å²) < 4.78 is 5.45. The van der Waals surface area contributed by atoms with Crippen molar-refractivity contribution in [3.05, 3.63) is 29.8 Å². The third kappa shape index (κ3) is 4.31. The molecule has 1 fully saturated rings. The monoisotopic (exact) mass is 340 g/mol. The largest absolute Gasteiger partial charge is 0.376 e. The highest BCUT2D eigenvalue weighted by Crippen LogP contribution is 2.13. The van der Waals surface area contributed by atoms with Gasteiger partial charge in [0.2, 0.25) is 5.91 Å². The van der Waals surface area contributed by atoms with Gasteiger partial charge in [0.25, 0.3) is 5.91 Å². The molecule has 1 aromatic carbocycles. The van der Waals surface area contributed by atoms with Gasteiger partial charge in [-0.15, -0.1) is 0 Å². The first-order valence-electron chi connectivity index (χ1n) is 6.54. The fourth-order valence-corrected chi connectivity index (χ4v) is 2.19. The van der Waals surface area contributed by atoms with Crippen LogP contribution in [0, 0.1) is 0 Å². The second-order valence-electron chi connectivity index (χ2n) is 4.61. The average Bonchev–Trinajstić information content (AvgIpc) is 2.98. The van der Waals surface area contributed by atoms with Crippen molar-refractivity contribution in [3.63, 3.8) is 0 Å². The molecule has 0 unspecified atom stereocenters. The van der Waals surface area contributed by atoms with Crippen LogP contribution in [-0.4, -0.2) is 36.4 Å². The van der Waals surface area contributed by atoms with Gasteiger partial charge < -0.3 is 15.4 Å². The number of carbonyl (C=O) groups is 2. The van der Waals surface area contributed by atoms with E-state index in [4.69, 9.17) is 4.74 Å². The Hall–Kier alpha value is -1.40. The van der Waals surface area contributed by atoms with E-state index in [1.54, 1.807) is 24.3 Å². The number of hydrogen-bond acceptors (Lipinski definition) is 3. The van der Waals surface area contributed by atoms with Gasteiger partial charge in [-0.3, -0.25) is 9.59 Å². The molecule has 2 N–H and O–H groups in total. The number of alkyl halides is 1. The average molecular weight is 341 g/mol. The van der Waals surface area contributed by atoms with Crippen molar-refractivity contribution in [2.45, 2.75) is 18.9 Å². The normalized spacial score (nSPS) is 17.8. The third-order valence-electron chi connectivity index (χ3n) is 3.04. The molecule has 0 spiro atoms. The number of nitrogens with one attached hydrogen (secondary N) is 2. The first-order chi connectivity index (χ1) is 9.69. The molecule has 20 heavy (non-hydrogen) atoms. The van der Waals surface area contributed by atoms with E-state index in [0.29, 0.717) is 17.8 Å². The molecule has 108 valence electrons. The molecular formula is C14H17BrN2O3. The predicted molar refractivity (Wildman–Crippen MR) is 80.2 cm³/mol. The van der Waals surface area contributed by atoms with Gasteiger partial charge in [0.15, 0.2) is 0 Å². The van der Waals surface area contributed by atoms with Crippen LogP contribution in [0.2, 0.25) is 0 Å². The van der Waals surface area contributed by atoms with Crippen molar-refractivity contribution in [1.82, 2.24) is 5.32 Å². The molecule has 0 radical (unpaired) electrons. The van der Waals surface area contributed by atoms with Gasteiger partial charge >= 0.3 is 0 Å². The molecule has 5 nitrogen and oxygen atoms in total. The van der Waals surface area contributed by atoms with Crippen LogP contribution < -0.4 is 10.6 Å². The van der Waals surface area contributed by atoms with Crippen molar-refractivity contribution < 1.29 is 14.3 Å². The molecule has 0 saturated carbocycles. The number of carbonyl (C=O) groups excluding carboxylic acids is 2. The van der Waals surface area contributed by atoms with Gasteiger partial charge in [-0.25, -0.2) is 0 Å². The van der Waals surface area contributed by atoms with E-state index in [1.807, 2.05) is 0 Å². The Labute approximate surface area is 126 Å². The van der Waals surface area contributed by atoms with E-state index in [9.17, 15) is 9.59 Å². The summed E-state index contributed by atoms with van der Waals surface area (Å²) in [5.41, 5.74) is 1.13. The molecule has 1 heterocycles. The van der Waals surface area contributed by atoms with Gasteiger partial charge in [0, 0.05) is 24.4 Å². The van der Waals surface area contributed by atoms with E-state index >= 15 is 0 Å². The minimum absolute atomic E-state index is 0.121. The standard InChI is InChI=1S/C14H17BrN2O3/c15-8-13(18)17-11-4-1-3-10(7-11)14(19)16-9-12-5-2-6-20-12/h1,3-4,7,12H,2,5-6,8-9H2,(H,16,19)(H,17,18)/t12-/m0/s1. The molecule has 0 bridgehead atoms. The van der Waals surface area contributed by atoms with Crippen molar-refractivity contribution in [2.24, 2.45) is 0 Å². The molecule has 2 amide bonds. The molecule has 1 saturated heterocycles. The van der Waals surface area contributed by atoms with Crippen LogP contribution in [0.1, 0.15) is 23.2 Å². The summed E-state index contributed by atoms with van der Waals surface area (Å²) in [5, 5.41) is 5.77. The maximum atomic E-state index is 12.0. The zero-order valence-electron chi connectivity index (χ0n) is 11.0. The van der Waals surface area contributed by atoms with E-state index < -0.39 is 0 Å². The minimum atomic E-state index is -0.157. The lowest BCUT2D eigenvalue weighted by atomic mass is 10.1. The molecule has 6 heteroatoms. The molecular weight excluding hydrogens is 324 g/mol. The fraction of sp³-hybridized carbons (Fsp3) is 0.429. The lowest BCUT2D eigenvalue weighted by Gasteiger charge is -2.11. The van der Waals surface area contributed by atoms with Crippen molar-refractivity contribution in [3.8, 4) is 0 Å². The van der Waals surface area contributed by atoms with E-state index in [-0.39, 0.29) is 23.2 Å². The highest BCUT2D eigenvalue weighted by Gasteiger charge is 2.16. The minimum Gasteiger partial charge on any atom is -0.376 e. The van der Waals surface area contributed by atoms with Crippen LogP contribution >= 0.6 is 15.9 Å². The number of anilines is 1. The topological polar surface area (TPSA) is 67.4 Å².